The molecule has 3 heterocycles. The topological polar surface area (TPSA) is 68.5 Å². The van der Waals surface area contributed by atoms with E-state index in [-0.39, 0.29) is 17.6 Å². The molecule has 5 rings (SSSR count). The molecule has 0 atom stereocenters. The Labute approximate surface area is 200 Å². The average Bonchev–Trinajstić information content (AvgIpc) is 3.28. The summed E-state index contributed by atoms with van der Waals surface area (Å²) in [5.74, 6) is 0.757. The van der Waals surface area contributed by atoms with Gasteiger partial charge in [0, 0.05) is 36.3 Å². The fourth-order valence-corrected chi connectivity index (χ4v) is 4.12. The number of hydrogen-bond acceptors (Lipinski definition) is 5. The summed E-state index contributed by atoms with van der Waals surface area (Å²) < 4.78 is 25.8. The first-order chi connectivity index (χ1) is 16.5. The standard InChI is InChI=1S/C26H21ClFN3O3/c27-19-5-7-24-22(15-19)30-26(34-24)18-9-12-31(13-10-18)25(32)8-4-17-3-6-23(21(28)14-17)33-20-2-1-11-29-16-20/h1-8,11,14-16,18H,9-10,12-13H2/b8-4+. The second kappa shape index (κ2) is 9.65. The summed E-state index contributed by atoms with van der Waals surface area (Å²) in [7, 11) is 0. The second-order valence-electron chi connectivity index (χ2n) is 8.08. The van der Waals surface area contributed by atoms with E-state index in [9.17, 15) is 9.18 Å². The Kier molecular flexibility index (Phi) is 6.27. The van der Waals surface area contributed by atoms with Gasteiger partial charge in [0.2, 0.25) is 5.91 Å². The minimum Gasteiger partial charge on any atom is -0.453 e. The lowest BCUT2D eigenvalue weighted by Crippen LogP contribution is -2.36. The van der Waals surface area contributed by atoms with E-state index in [1.54, 1.807) is 47.5 Å². The van der Waals surface area contributed by atoms with Gasteiger partial charge in [-0.25, -0.2) is 9.37 Å². The molecule has 0 radical (unpaired) electrons. The highest BCUT2D eigenvalue weighted by Crippen LogP contribution is 2.31. The van der Waals surface area contributed by atoms with Crippen LogP contribution in [0.3, 0.4) is 0 Å². The molecule has 1 aliphatic rings. The van der Waals surface area contributed by atoms with Crippen LogP contribution in [-0.2, 0) is 4.79 Å². The van der Waals surface area contributed by atoms with Crippen molar-refractivity contribution in [1.82, 2.24) is 14.9 Å². The van der Waals surface area contributed by atoms with Crippen molar-refractivity contribution in [3.05, 3.63) is 89.3 Å². The SMILES string of the molecule is O=C(/C=C/c1ccc(Oc2cccnc2)c(F)c1)N1CCC(c2nc3cc(Cl)ccc3o2)CC1. The zero-order chi connectivity index (χ0) is 23.5. The number of carbonyl (C=O) groups is 1. The predicted molar refractivity (Wildman–Crippen MR) is 127 cm³/mol. The van der Waals surface area contributed by atoms with Gasteiger partial charge in [0.15, 0.2) is 23.0 Å². The number of fused-ring (bicyclic) bond motifs is 1. The summed E-state index contributed by atoms with van der Waals surface area (Å²) in [5.41, 5.74) is 2.03. The third-order valence-electron chi connectivity index (χ3n) is 5.76. The van der Waals surface area contributed by atoms with Gasteiger partial charge in [-0.15, -0.1) is 0 Å². The maximum Gasteiger partial charge on any atom is 0.246 e. The number of pyridine rings is 1. The Morgan fingerprint density at radius 2 is 2.03 bits per heavy atom. The number of halogens is 2. The summed E-state index contributed by atoms with van der Waals surface area (Å²) in [6, 6.07) is 13.4. The largest absolute Gasteiger partial charge is 0.453 e. The van der Waals surface area contributed by atoms with Crippen LogP contribution in [-0.4, -0.2) is 33.9 Å². The molecule has 2 aromatic heterocycles. The third kappa shape index (κ3) is 4.94. The number of carbonyl (C=O) groups excluding carboxylic acids is 1. The molecule has 172 valence electrons. The van der Waals surface area contributed by atoms with Crippen molar-refractivity contribution in [2.75, 3.05) is 13.1 Å². The molecule has 1 fully saturated rings. The molecule has 1 aliphatic heterocycles. The number of nitrogens with zero attached hydrogens (tertiary/aromatic N) is 3. The van der Waals surface area contributed by atoms with Crippen LogP contribution in [0.4, 0.5) is 4.39 Å². The Morgan fingerprint density at radius 3 is 2.79 bits per heavy atom. The summed E-state index contributed by atoms with van der Waals surface area (Å²) in [6.45, 7) is 1.19. The zero-order valence-electron chi connectivity index (χ0n) is 18.2. The third-order valence-corrected chi connectivity index (χ3v) is 5.99. The van der Waals surface area contributed by atoms with Crippen LogP contribution in [0, 0.1) is 5.82 Å². The molecule has 2 aromatic carbocycles. The predicted octanol–water partition coefficient (Wildman–Crippen LogP) is 6.23. The van der Waals surface area contributed by atoms with Gasteiger partial charge in [0.05, 0.1) is 6.20 Å². The molecule has 1 amide bonds. The molecule has 0 unspecified atom stereocenters. The van der Waals surface area contributed by atoms with Crippen molar-refractivity contribution < 1.29 is 18.3 Å². The summed E-state index contributed by atoms with van der Waals surface area (Å²) >= 11 is 6.03. The van der Waals surface area contributed by atoms with Crippen LogP contribution in [0.25, 0.3) is 17.2 Å². The normalized spacial score (nSPS) is 14.7. The van der Waals surface area contributed by atoms with E-state index in [4.69, 9.17) is 20.8 Å². The molecule has 0 aliphatic carbocycles. The first-order valence-electron chi connectivity index (χ1n) is 11.0. The van der Waals surface area contributed by atoms with E-state index >= 15 is 0 Å². The molecule has 1 saturated heterocycles. The van der Waals surface area contributed by atoms with E-state index < -0.39 is 5.82 Å². The number of piperidine rings is 1. The number of rotatable bonds is 5. The van der Waals surface area contributed by atoms with Gasteiger partial charge in [-0.1, -0.05) is 17.7 Å². The number of oxazole rings is 1. The van der Waals surface area contributed by atoms with Gasteiger partial charge >= 0.3 is 0 Å². The molecule has 8 heteroatoms. The Balaban J connectivity index is 1.18. The van der Waals surface area contributed by atoms with E-state index in [0.29, 0.717) is 40.9 Å². The maximum absolute atomic E-state index is 14.4. The van der Waals surface area contributed by atoms with Crippen molar-refractivity contribution in [1.29, 1.82) is 0 Å². The fourth-order valence-electron chi connectivity index (χ4n) is 3.95. The molecule has 0 saturated carbocycles. The lowest BCUT2D eigenvalue weighted by molar-refractivity contribution is -0.127. The number of hydrogen-bond donors (Lipinski definition) is 0. The van der Waals surface area contributed by atoms with Crippen LogP contribution in [0.1, 0.15) is 30.2 Å². The van der Waals surface area contributed by atoms with Crippen LogP contribution in [0.15, 0.2) is 71.4 Å². The van der Waals surface area contributed by atoms with Crippen molar-refractivity contribution in [3.8, 4) is 11.5 Å². The van der Waals surface area contributed by atoms with Crippen molar-refractivity contribution in [2.24, 2.45) is 0 Å². The van der Waals surface area contributed by atoms with Crippen molar-refractivity contribution in [2.45, 2.75) is 18.8 Å². The van der Waals surface area contributed by atoms with E-state index in [2.05, 4.69) is 9.97 Å². The van der Waals surface area contributed by atoms with Crippen LogP contribution in [0.2, 0.25) is 5.02 Å². The van der Waals surface area contributed by atoms with Crippen LogP contribution in [0.5, 0.6) is 11.5 Å². The van der Waals surface area contributed by atoms with E-state index in [1.165, 1.54) is 24.4 Å². The molecule has 6 nitrogen and oxygen atoms in total. The smallest absolute Gasteiger partial charge is 0.246 e. The lowest BCUT2D eigenvalue weighted by atomic mass is 9.96. The molecular formula is C26H21ClFN3O3. The number of likely N-dealkylation sites (tertiary alicyclic amines) is 1. The maximum atomic E-state index is 14.4. The highest BCUT2D eigenvalue weighted by molar-refractivity contribution is 6.31. The van der Waals surface area contributed by atoms with Gasteiger partial charge in [-0.2, -0.15) is 0 Å². The Bertz CT molecular complexity index is 1350. The summed E-state index contributed by atoms with van der Waals surface area (Å²) in [5, 5.41) is 0.620. The average molecular weight is 478 g/mol. The fraction of sp³-hybridized carbons (Fsp3) is 0.192. The minimum absolute atomic E-state index is 0.0972. The Morgan fingerprint density at radius 1 is 1.18 bits per heavy atom. The number of ether oxygens (including phenoxy) is 1. The Hall–Kier alpha value is -3.71. The molecule has 0 N–H and O–H groups in total. The van der Waals surface area contributed by atoms with Gasteiger partial charge in [0.25, 0.3) is 0 Å². The monoisotopic (exact) mass is 477 g/mol. The highest BCUT2D eigenvalue weighted by Gasteiger charge is 2.26. The van der Waals surface area contributed by atoms with Crippen LogP contribution < -0.4 is 4.74 Å². The van der Waals surface area contributed by atoms with Gasteiger partial charge in [-0.05, 0) is 66.9 Å². The minimum atomic E-state index is -0.515. The number of amides is 1. The zero-order valence-corrected chi connectivity index (χ0v) is 18.9. The van der Waals surface area contributed by atoms with E-state index in [0.717, 1.165) is 18.4 Å². The molecule has 0 spiro atoms. The van der Waals surface area contributed by atoms with E-state index in [1.807, 2.05) is 6.07 Å². The quantitative estimate of drug-likeness (QED) is 0.319. The summed E-state index contributed by atoms with van der Waals surface area (Å²) in [6.07, 6.45) is 7.72. The highest BCUT2D eigenvalue weighted by atomic mass is 35.5. The first-order valence-corrected chi connectivity index (χ1v) is 11.3. The van der Waals surface area contributed by atoms with Gasteiger partial charge < -0.3 is 14.1 Å². The molecule has 0 bridgehead atoms. The summed E-state index contributed by atoms with van der Waals surface area (Å²) in [4.78, 5) is 22.9. The van der Waals surface area contributed by atoms with Gasteiger partial charge in [0.1, 0.15) is 11.3 Å². The molecule has 34 heavy (non-hydrogen) atoms. The second-order valence-corrected chi connectivity index (χ2v) is 8.51. The van der Waals surface area contributed by atoms with Crippen molar-refractivity contribution in [3.63, 3.8) is 0 Å². The van der Waals surface area contributed by atoms with Crippen LogP contribution >= 0.6 is 11.6 Å². The van der Waals surface area contributed by atoms with Gasteiger partial charge in [-0.3, -0.25) is 9.78 Å². The number of benzene rings is 2. The van der Waals surface area contributed by atoms with Crippen molar-refractivity contribution >= 4 is 34.7 Å². The molecule has 4 aromatic rings. The lowest BCUT2D eigenvalue weighted by Gasteiger charge is -2.29. The molecular weight excluding hydrogens is 457 g/mol. The first kappa shape index (κ1) is 22.1. The number of aromatic nitrogens is 2.